The Kier molecular flexibility index (Phi) is 5.72. The highest BCUT2D eigenvalue weighted by Crippen LogP contribution is 2.50. The average Bonchev–Trinajstić information content (AvgIpc) is 3.37. The quantitative estimate of drug-likeness (QED) is 0.762. The second-order valence-corrected chi connectivity index (χ2v) is 9.07. The molecular weight excluding hydrogens is 354 g/mol. The Morgan fingerprint density at radius 3 is 2.93 bits per heavy atom. The monoisotopic (exact) mass is 386 g/mol. The third-order valence-electron chi connectivity index (χ3n) is 7.41. The molecule has 0 aromatic rings. The van der Waals surface area contributed by atoms with Crippen molar-refractivity contribution in [1.82, 2.24) is 10.2 Å². The van der Waals surface area contributed by atoms with Crippen molar-refractivity contribution < 1.29 is 23.0 Å². The number of hydrogen-bond donors (Lipinski definition) is 1. The van der Waals surface area contributed by atoms with Gasteiger partial charge in [0.15, 0.2) is 0 Å². The van der Waals surface area contributed by atoms with Crippen molar-refractivity contribution in [2.75, 3.05) is 33.4 Å². The summed E-state index contributed by atoms with van der Waals surface area (Å²) in [6, 6.07) is 0.550. The maximum Gasteiger partial charge on any atom is 0.239 e. The number of fused-ring (bicyclic) bond motifs is 2. The number of likely N-dealkylation sites (tertiary alicyclic amines) is 1. The number of halogens is 2. The van der Waals surface area contributed by atoms with Gasteiger partial charge in [-0.25, -0.2) is 8.78 Å². The predicted molar refractivity (Wildman–Crippen MR) is 96.6 cm³/mol. The highest BCUT2D eigenvalue weighted by molar-refractivity contribution is 5.84. The molecule has 27 heavy (non-hydrogen) atoms. The first kappa shape index (κ1) is 19.5. The Morgan fingerprint density at radius 2 is 2.26 bits per heavy atom. The molecule has 4 fully saturated rings. The van der Waals surface area contributed by atoms with Crippen LogP contribution in [0.5, 0.6) is 0 Å². The van der Waals surface area contributed by atoms with Gasteiger partial charge in [0.25, 0.3) is 0 Å². The molecule has 1 N–H and O–H groups in total. The third kappa shape index (κ3) is 3.87. The van der Waals surface area contributed by atoms with E-state index in [-0.39, 0.29) is 24.5 Å². The Labute approximate surface area is 160 Å². The zero-order chi connectivity index (χ0) is 19.0. The van der Waals surface area contributed by atoms with E-state index >= 15 is 0 Å². The Bertz CT molecular complexity index is 549. The van der Waals surface area contributed by atoms with Crippen LogP contribution in [0.4, 0.5) is 8.78 Å². The summed E-state index contributed by atoms with van der Waals surface area (Å²) in [4.78, 5) is 15.3. The summed E-state index contributed by atoms with van der Waals surface area (Å²) < 4.78 is 38.0. The lowest BCUT2D eigenvalue weighted by Gasteiger charge is -2.37. The number of nitrogens with zero attached hydrogens (tertiary/aromatic N) is 1. The van der Waals surface area contributed by atoms with E-state index in [9.17, 15) is 13.6 Å². The molecule has 0 radical (unpaired) electrons. The van der Waals surface area contributed by atoms with Gasteiger partial charge in [-0.15, -0.1) is 0 Å². The lowest BCUT2D eigenvalue weighted by atomic mass is 9.78. The van der Waals surface area contributed by atoms with Crippen LogP contribution in [0.1, 0.15) is 44.9 Å². The molecule has 154 valence electrons. The van der Waals surface area contributed by atoms with Crippen LogP contribution < -0.4 is 5.32 Å². The Balaban J connectivity index is 1.44. The van der Waals surface area contributed by atoms with E-state index in [0.717, 1.165) is 38.8 Å². The molecule has 0 aromatic heterocycles. The first-order chi connectivity index (χ1) is 13.0. The SMILES string of the molecule is CO[C@@H]1COCC[C@@H]1C[C@H]1CC[C@](CC(F)F)(C(=O)N2C[C@@H]3C[C@H]2CN3)C1. The molecule has 1 aliphatic carbocycles. The molecule has 0 unspecified atom stereocenters. The lowest BCUT2D eigenvalue weighted by Crippen LogP contribution is -2.52. The fraction of sp³-hybridized carbons (Fsp3) is 0.950. The summed E-state index contributed by atoms with van der Waals surface area (Å²) in [7, 11) is 1.71. The van der Waals surface area contributed by atoms with Gasteiger partial charge < -0.3 is 19.7 Å². The predicted octanol–water partition coefficient (Wildman–Crippen LogP) is 2.44. The molecule has 4 aliphatic rings. The first-order valence-electron chi connectivity index (χ1n) is 10.4. The van der Waals surface area contributed by atoms with E-state index in [1.54, 1.807) is 7.11 Å². The number of alkyl halides is 2. The van der Waals surface area contributed by atoms with Crippen molar-refractivity contribution in [3.63, 3.8) is 0 Å². The fourth-order valence-electron chi connectivity index (χ4n) is 6.03. The van der Waals surface area contributed by atoms with E-state index in [2.05, 4.69) is 5.32 Å². The number of piperazine rings is 1. The highest BCUT2D eigenvalue weighted by atomic mass is 19.3. The van der Waals surface area contributed by atoms with E-state index in [1.165, 1.54) is 0 Å². The Hall–Kier alpha value is -0.790. The molecule has 7 heteroatoms. The smallest absolute Gasteiger partial charge is 0.239 e. The van der Waals surface area contributed by atoms with Crippen molar-refractivity contribution in [1.29, 1.82) is 0 Å². The summed E-state index contributed by atoms with van der Waals surface area (Å²) in [5.41, 5.74) is -0.864. The van der Waals surface area contributed by atoms with Crippen molar-refractivity contribution in [3.8, 4) is 0 Å². The maximum absolute atomic E-state index is 13.4. The van der Waals surface area contributed by atoms with E-state index < -0.39 is 11.8 Å². The number of carbonyl (C=O) groups excluding carboxylic acids is 1. The molecule has 3 heterocycles. The molecule has 1 saturated carbocycles. The van der Waals surface area contributed by atoms with Gasteiger partial charge >= 0.3 is 0 Å². The van der Waals surface area contributed by atoms with Gasteiger partial charge in [-0.2, -0.15) is 0 Å². The molecule has 2 bridgehead atoms. The van der Waals surface area contributed by atoms with Crippen LogP contribution in [0.25, 0.3) is 0 Å². The van der Waals surface area contributed by atoms with Gasteiger partial charge in [-0.3, -0.25) is 4.79 Å². The largest absolute Gasteiger partial charge is 0.379 e. The molecule has 5 nitrogen and oxygen atoms in total. The summed E-state index contributed by atoms with van der Waals surface area (Å²) in [6.07, 6.45) is 2.31. The zero-order valence-corrected chi connectivity index (χ0v) is 16.2. The first-order valence-corrected chi connectivity index (χ1v) is 10.4. The number of amides is 1. The van der Waals surface area contributed by atoms with Crippen LogP contribution >= 0.6 is 0 Å². The van der Waals surface area contributed by atoms with Gasteiger partial charge in [0.1, 0.15) is 0 Å². The second-order valence-electron chi connectivity index (χ2n) is 9.07. The normalized spacial score (nSPS) is 41.6. The van der Waals surface area contributed by atoms with Crippen LogP contribution in [0.2, 0.25) is 0 Å². The molecule has 3 aliphatic heterocycles. The molecule has 6 atom stereocenters. The van der Waals surface area contributed by atoms with Crippen molar-refractivity contribution in [2.24, 2.45) is 17.3 Å². The van der Waals surface area contributed by atoms with E-state index in [0.29, 0.717) is 43.9 Å². The molecule has 0 spiro atoms. The standard InChI is InChI=1S/C20H32F2N2O3/c1-26-17-12-27-5-3-14(17)6-13-2-4-20(8-13,9-18(21)22)19(25)24-11-15-7-16(24)10-23-15/h13-18,23H,2-12H2,1H3/t13-,14-,15+,16+,17-,20+/m1/s1. The average molecular weight is 386 g/mol. The van der Waals surface area contributed by atoms with Gasteiger partial charge in [0, 0.05) is 45.3 Å². The highest BCUT2D eigenvalue weighted by Gasteiger charge is 2.52. The number of carbonyl (C=O) groups is 1. The minimum Gasteiger partial charge on any atom is -0.379 e. The van der Waals surface area contributed by atoms with Gasteiger partial charge in [-0.1, -0.05) is 0 Å². The van der Waals surface area contributed by atoms with Gasteiger partial charge in [0.05, 0.1) is 18.1 Å². The summed E-state index contributed by atoms with van der Waals surface area (Å²) in [5.74, 6) is 0.721. The maximum atomic E-state index is 13.4. The van der Waals surface area contributed by atoms with Crippen LogP contribution in [-0.2, 0) is 14.3 Å². The minimum absolute atomic E-state index is 0.00503. The molecule has 0 aromatic carbocycles. The molecular formula is C20H32F2N2O3. The third-order valence-corrected chi connectivity index (χ3v) is 7.41. The number of methoxy groups -OCH3 is 1. The number of rotatable bonds is 6. The van der Waals surface area contributed by atoms with Gasteiger partial charge in [0.2, 0.25) is 12.3 Å². The Morgan fingerprint density at radius 1 is 1.41 bits per heavy atom. The zero-order valence-electron chi connectivity index (χ0n) is 16.2. The van der Waals surface area contributed by atoms with Crippen molar-refractivity contribution in [3.05, 3.63) is 0 Å². The molecule has 4 rings (SSSR count). The summed E-state index contributed by atoms with van der Waals surface area (Å²) >= 11 is 0. The van der Waals surface area contributed by atoms with Crippen LogP contribution in [0.3, 0.4) is 0 Å². The lowest BCUT2D eigenvalue weighted by molar-refractivity contribution is -0.146. The minimum atomic E-state index is -2.43. The number of ether oxygens (including phenoxy) is 2. The van der Waals surface area contributed by atoms with Crippen LogP contribution in [0, 0.1) is 17.3 Å². The van der Waals surface area contributed by atoms with E-state index in [4.69, 9.17) is 9.47 Å². The van der Waals surface area contributed by atoms with Crippen LogP contribution in [-0.4, -0.2) is 68.8 Å². The molecule has 3 saturated heterocycles. The van der Waals surface area contributed by atoms with Gasteiger partial charge in [-0.05, 0) is 50.4 Å². The number of hydrogen-bond acceptors (Lipinski definition) is 4. The summed E-state index contributed by atoms with van der Waals surface area (Å²) in [5, 5.41) is 3.39. The fourth-order valence-corrected chi connectivity index (χ4v) is 6.03. The van der Waals surface area contributed by atoms with E-state index in [1.807, 2.05) is 4.90 Å². The van der Waals surface area contributed by atoms with Crippen molar-refractivity contribution >= 4 is 5.91 Å². The number of nitrogens with one attached hydrogen (secondary N) is 1. The summed E-state index contributed by atoms with van der Waals surface area (Å²) in [6.45, 7) is 2.84. The van der Waals surface area contributed by atoms with Crippen molar-refractivity contribution in [2.45, 2.75) is 69.6 Å². The van der Waals surface area contributed by atoms with Crippen LogP contribution in [0.15, 0.2) is 0 Å². The topological polar surface area (TPSA) is 50.8 Å². The molecule has 1 amide bonds. The second kappa shape index (κ2) is 7.91.